The molecule has 1 atom stereocenters. The van der Waals surface area contributed by atoms with Crippen molar-refractivity contribution in [3.8, 4) is 11.1 Å². The molecule has 0 aliphatic rings. The summed E-state index contributed by atoms with van der Waals surface area (Å²) in [5, 5.41) is 8.40. The third-order valence-corrected chi connectivity index (χ3v) is 12.3. The van der Waals surface area contributed by atoms with E-state index in [4.69, 9.17) is 16.8 Å². The fraction of sp³-hybridized carbons (Fsp3) is 0. The monoisotopic (exact) mass is 521 g/mol. The maximum Gasteiger partial charge on any atom is 0.0715 e. The van der Waals surface area contributed by atoms with Crippen LogP contribution in [0.5, 0.6) is 0 Å². The van der Waals surface area contributed by atoms with Crippen molar-refractivity contribution >= 4 is 66.3 Å². The highest BCUT2D eigenvalue weighted by molar-refractivity contribution is 8.25. The average molecular weight is 522 g/mol. The van der Waals surface area contributed by atoms with Gasteiger partial charge < -0.3 is 0 Å². The van der Waals surface area contributed by atoms with Crippen LogP contribution in [0.4, 0.5) is 0 Å². The van der Waals surface area contributed by atoms with Crippen molar-refractivity contribution in [2.75, 3.05) is 0 Å². The summed E-state index contributed by atoms with van der Waals surface area (Å²) in [7, 11) is 0. The first kappa shape index (κ1) is 23.0. The third-order valence-electron chi connectivity index (χ3n) is 7.32. The van der Waals surface area contributed by atoms with E-state index in [1.807, 2.05) is 0 Å². The quantitative estimate of drug-likeness (QED) is 0.172. The maximum atomic E-state index is 6.68. The highest BCUT2D eigenvalue weighted by atomic mass is 32.4. The van der Waals surface area contributed by atoms with Crippen LogP contribution in [0.1, 0.15) is 0 Å². The Bertz CT molecular complexity index is 1940. The molecule has 0 saturated carbocycles. The lowest BCUT2D eigenvalue weighted by Crippen LogP contribution is -2.24. The largest absolute Gasteiger partial charge is 0.248 e. The van der Waals surface area contributed by atoms with Crippen LogP contribution in [0, 0.1) is 0 Å². The van der Waals surface area contributed by atoms with Gasteiger partial charge in [0.25, 0.3) is 0 Å². The molecule has 0 spiro atoms. The van der Waals surface area contributed by atoms with Gasteiger partial charge in [0.05, 0.1) is 11.0 Å². The summed E-state index contributed by atoms with van der Waals surface area (Å²) in [6.45, 7) is 0. The fourth-order valence-corrected chi connectivity index (χ4v) is 9.18. The summed E-state index contributed by atoms with van der Waals surface area (Å²) in [6.07, 6.45) is 0. The van der Waals surface area contributed by atoms with Crippen molar-refractivity contribution in [2.45, 2.75) is 0 Å². The lowest BCUT2D eigenvalue weighted by molar-refractivity contribution is 1.49. The van der Waals surface area contributed by atoms with E-state index < -0.39 is 6.04 Å². The summed E-state index contributed by atoms with van der Waals surface area (Å²) < 4.78 is 0. The van der Waals surface area contributed by atoms with Crippen LogP contribution in [0.25, 0.3) is 43.7 Å². The van der Waals surface area contributed by atoms with Crippen LogP contribution in [0.3, 0.4) is 0 Å². The molecule has 0 aliphatic carbocycles. The second-order valence-electron chi connectivity index (χ2n) is 9.54. The molecule has 7 aromatic rings. The molecule has 0 N–H and O–H groups in total. The number of rotatable bonds is 4. The highest BCUT2D eigenvalue weighted by Gasteiger charge is 2.25. The number of hydrogen-bond acceptors (Lipinski definition) is 2. The van der Waals surface area contributed by atoms with E-state index in [1.54, 1.807) is 0 Å². The average Bonchev–Trinajstić information content (AvgIpc) is 2.99. The molecule has 0 fully saturated rings. The summed E-state index contributed by atoms with van der Waals surface area (Å²) in [5.74, 6) is 0. The van der Waals surface area contributed by atoms with Crippen LogP contribution >= 0.6 is 6.04 Å². The standard InChI is InChI=1S/C35H24NPS/c38-37(28-12-2-1-3-13-28,30-23-18-25-10-4-5-11-27(25)24-30)29-21-19-26(20-22-29)35-31-14-6-8-16-33(31)36-34-17-9-7-15-32(34)35/h1-24H. The van der Waals surface area contributed by atoms with Crippen LogP contribution in [-0.4, -0.2) is 4.98 Å². The van der Waals surface area contributed by atoms with Crippen molar-refractivity contribution in [3.63, 3.8) is 0 Å². The highest BCUT2D eigenvalue weighted by Crippen LogP contribution is 2.44. The Morgan fingerprint density at radius 3 is 1.66 bits per heavy atom. The third kappa shape index (κ3) is 3.77. The van der Waals surface area contributed by atoms with Gasteiger partial charge >= 0.3 is 0 Å². The predicted octanol–water partition coefficient (Wildman–Crippen LogP) is 7.96. The van der Waals surface area contributed by atoms with Crippen molar-refractivity contribution in [2.24, 2.45) is 0 Å². The number of nitrogens with zero attached hydrogens (tertiary/aromatic N) is 1. The molecule has 0 aliphatic heterocycles. The molecular weight excluding hydrogens is 497 g/mol. The van der Waals surface area contributed by atoms with Crippen LogP contribution in [-0.2, 0) is 11.8 Å². The number of para-hydroxylation sites is 2. The molecular formula is C35H24NPS. The van der Waals surface area contributed by atoms with Gasteiger partial charge in [-0.05, 0) is 50.4 Å². The number of pyridine rings is 1. The van der Waals surface area contributed by atoms with Gasteiger partial charge in [-0.2, -0.15) is 0 Å². The zero-order valence-electron chi connectivity index (χ0n) is 20.7. The van der Waals surface area contributed by atoms with Crippen LogP contribution in [0.15, 0.2) is 146 Å². The number of benzene rings is 6. The van der Waals surface area contributed by atoms with Crippen LogP contribution < -0.4 is 15.9 Å². The molecule has 38 heavy (non-hydrogen) atoms. The molecule has 180 valence electrons. The molecule has 1 unspecified atom stereocenters. The van der Waals surface area contributed by atoms with E-state index in [2.05, 4.69) is 146 Å². The molecule has 1 heterocycles. The summed E-state index contributed by atoms with van der Waals surface area (Å²) in [4.78, 5) is 4.91. The van der Waals surface area contributed by atoms with Crippen molar-refractivity contribution in [3.05, 3.63) is 146 Å². The van der Waals surface area contributed by atoms with Gasteiger partial charge in [0.2, 0.25) is 0 Å². The second-order valence-corrected chi connectivity index (χ2v) is 14.0. The molecule has 0 amide bonds. The Morgan fingerprint density at radius 2 is 0.974 bits per heavy atom. The molecule has 6 aromatic carbocycles. The summed E-state index contributed by atoms with van der Waals surface area (Å²) in [6, 6.07) is 49.4. The van der Waals surface area contributed by atoms with Gasteiger partial charge in [-0.15, -0.1) is 0 Å². The Labute approximate surface area is 227 Å². The Hall–Kier alpha value is -4.10. The number of hydrogen-bond donors (Lipinski definition) is 0. The molecule has 0 radical (unpaired) electrons. The number of aromatic nitrogens is 1. The number of fused-ring (bicyclic) bond motifs is 3. The smallest absolute Gasteiger partial charge is 0.0715 e. The van der Waals surface area contributed by atoms with E-state index in [-0.39, 0.29) is 0 Å². The first-order valence-corrected chi connectivity index (χ1v) is 15.6. The zero-order valence-corrected chi connectivity index (χ0v) is 22.4. The van der Waals surface area contributed by atoms with E-state index >= 15 is 0 Å². The SMILES string of the molecule is S=P(c1ccccc1)(c1ccc(-c2c3ccccc3nc3ccccc23)cc1)c1ccc2ccccc2c1. The van der Waals surface area contributed by atoms with Gasteiger partial charge in [-0.1, -0.05) is 139 Å². The van der Waals surface area contributed by atoms with Crippen LogP contribution in [0.2, 0.25) is 0 Å². The maximum absolute atomic E-state index is 6.68. The van der Waals surface area contributed by atoms with E-state index in [1.165, 1.54) is 37.8 Å². The van der Waals surface area contributed by atoms with Crippen molar-refractivity contribution in [1.29, 1.82) is 0 Å². The predicted molar refractivity (Wildman–Crippen MR) is 168 cm³/mol. The lowest BCUT2D eigenvalue weighted by Gasteiger charge is -2.25. The van der Waals surface area contributed by atoms with Crippen molar-refractivity contribution in [1.82, 2.24) is 4.98 Å². The van der Waals surface area contributed by atoms with Gasteiger partial charge in [-0.3, -0.25) is 0 Å². The Balaban J connectivity index is 1.43. The minimum Gasteiger partial charge on any atom is -0.248 e. The van der Waals surface area contributed by atoms with Gasteiger partial charge in [0.15, 0.2) is 0 Å². The molecule has 1 nitrogen and oxygen atoms in total. The minimum atomic E-state index is -2.27. The molecule has 7 rings (SSSR count). The Kier molecular flexibility index (Phi) is 5.66. The molecule has 0 saturated heterocycles. The lowest BCUT2D eigenvalue weighted by atomic mass is 9.96. The van der Waals surface area contributed by atoms with E-state index in [9.17, 15) is 0 Å². The van der Waals surface area contributed by atoms with Gasteiger partial charge in [0.1, 0.15) is 0 Å². The van der Waals surface area contributed by atoms with E-state index in [0.717, 1.165) is 21.8 Å². The Morgan fingerprint density at radius 1 is 0.447 bits per heavy atom. The normalized spacial score (nSPS) is 13.1. The summed E-state index contributed by atoms with van der Waals surface area (Å²) >= 11 is 6.68. The van der Waals surface area contributed by atoms with Crippen molar-refractivity contribution < 1.29 is 0 Å². The molecule has 3 heteroatoms. The topological polar surface area (TPSA) is 12.9 Å². The van der Waals surface area contributed by atoms with Gasteiger partial charge in [-0.25, -0.2) is 4.98 Å². The summed E-state index contributed by atoms with van der Waals surface area (Å²) in [5.41, 5.74) is 4.42. The first-order valence-electron chi connectivity index (χ1n) is 12.8. The molecule has 1 aromatic heterocycles. The fourth-order valence-electron chi connectivity index (χ4n) is 5.45. The molecule has 0 bridgehead atoms. The van der Waals surface area contributed by atoms with E-state index in [0.29, 0.717) is 0 Å². The second kappa shape index (κ2) is 9.33. The minimum absolute atomic E-state index is 1.01. The van der Waals surface area contributed by atoms with Gasteiger partial charge in [0, 0.05) is 22.4 Å². The zero-order chi connectivity index (χ0) is 25.5. The first-order chi connectivity index (χ1) is 18.7.